The second-order valence-corrected chi connectivity index (χ2v) is 4.68. The van der Waals surface area contributed by atoms with Gasteiger partial charge in [-0.2, -0.15) is 18.3 Å². The smallest absolute Gasteiger partial charge is 0.222 e. The van der Waals surface area contributed by atoms with E-state index in [-0.39, 0.29) is 0 Å². The molecule has 0 radical (unpaired) electrons. The van der Waals surface area contributed by atoms with Crippen molar-refractivity contribution in [2.75, 3.05) is 0 Å². The van der Waals surface area contributed by atoms with Crippen LogP contribution in [0.2, 0.25) is 5.15 Å². The fourth-order valence-corrected chi connectivity index (χ4v) is 2.16. The minimum atomic E-state index is -4.33. The summed E-state index contributed by atoms with van der Waals surface area (Å²) in [5.74, 6) is 0. The van der Waals surface area contributed by atoms with Crippen LogP contribution in [0.3, 0.4) is 0 Å². The number of rotatable bonds is 1. The van der Waals surface area contributed by atoms with Gasteiger partial charge in [-0.05, 0) is 30.3 Å². The van der Waals surface area contributed by atoms with Gasteiger partial charge in [-0.3, -0.25) is 0 Å². The average molecular weight is 297 g/mol. The van der Waals surface area contributed by atoms with E-state index in [4.69, 9.17) is 11.6 Å². The van der Waals surface area contributed by atoms with Gasteiger partial charge in [0.25, 0.3) is 0 Å². The third-order valence-corrected chi connectivity index (χ3v) is 3.23. The van der Waals surface area contributed by atoms with E-state index in [0.717, 1.165) is 17.6 Å². The van der Waals surface area contributed by atoms with Gasteiger partial charge in [-0.15, -0.1) is 0 Å². The van der Waals surface area contributed by atoms with Crippen LogP contribution in [0.5, 0.6) is 0 Å². The first-order valence-electron chi connectivity index (χ1n) is 5.77. The summed E-state index contributed by atoms with van der Waals surface area (Å²) in [4.78, 5) is 0. The Bertz CT molecular complexity index is 760. The molecule has 0 saturated carbocycles. The maximum atomic E-state index is 12.5. The number of hydrogen-bond acceptors (Lipinski definition) is 1. The summed E-state index contributed by atoms with van der Waals surface area (Å²) in [5.41, 5.74) is 1.29. The van der Waals surface area contributed by atoms with Crippen molar-refractivity contribution in [2.45, 2.75) is 6.18 Å². The molecule has 0 aliphatic rings. The molecule has 0 atom stereocenters. The lowest BCUT2D eigenvalue weighted by Crippen LogP contribution is -2.04. The third kappa shape index (κ3) is 2.25. The van der Waals surface area contributed by atoms with Crippen LogP contribution in [0, 0.1) is 0 Å². The van der Waals surface area contributed by atoms with E-state index in [1.165, 1.54) is 16.6 Å². The van der Waals surface area contributed by atoms with Gasteiger partial charge in [-0.25, -0.2) is 4.52 Å². The maximum absolute atomic E-state index is 12.5. The standard InChI is InChI=1S/C14H8ClF3N2/c15-13-3-1-2-11-8-12(19-20(11)13)9-4-6-10(7-5-9)14(16,17)18/h1-8H. The third-order valence-electron chi connectivity index (χ3n) is 2.95. The van der Waals surface area contributed by atoms with Gasteiger partial charge in [0.1, 0.15) is 5.15 Å². The van der Waals surface area contributed by atoms with E-state index in [1.54, 1.807) is 18.2 Å². The number of nitrogens with zero attached hydrogens (tertiary/aromatic N) is 2. The van der Waals surface area contributed by atoms with Crippen LogP contribution in [-0.2, 0) is 6.18 Å². The van der Waals surface area contributed by atoms with Crippen molar-refractivity contribution in [2.24, 2.45) is 0 Å². The van der Waals surface area contributed by atoms with Crippen molar-refractivity contribution in [3.05, 3.63) is 59.2 Å². The van der Waals surface area contributed by atoms with Crippen LogP contribution in [0.4, 0.5) is 13.2 Å². The Balaban J connectivity index is 2.05. The van der Waals surface area contributed by atoms with Gasteiger partial charge in [0.2, 0.25) is 0 Å². The Labute approximate surface area is 117 Å². The molecule has 0 aliphatic heterocycles. The Morgan fingerprint density at radius 2 is 1.70 bits per heavy atom. The first-order chi connectivity index (χ1) is 9.45. The number of halogens is 4. The summed E-state index contributed by atoms with van der Waals surface area (Å²) in [6, 6.07) is 12.0. The molecule has 2 aromatic heterocycles. The summed E-state index contributed by atoms with van der Waals surface area (Å²) in [5, 5.41) is 4.72. The molecule has 2 heterocycles. The molecule has 6 heteroatoms. The zero-order chi connectivity index (χ0) is 14.3. The van der Waals surface area contributed by atoms with Gasteiger partial charge >= 0.3 is 6.18 Å². The van der Waals surface area contributed by atoms with Gasteiger partial charge in [-0.1, -0.05) is 29.8 Å². The number of hydrogen-bond donors (Lipinski definition) is 0. The highest BCUT2D eigenvalue weighted by atomic mass is 35.5. The highest BCUT2D eigenvalue weighted by Gasteiger charge is 2.30. The molecule has 0 bridgehead atoms. The number of alkyl halides is 3. The second-order valence-electron chi connectivity index (χ2n) is 4.29. The molecule has 3 aromatic rings. The van der Waals surface area contributed by atoms with Crippen molar-refractivity contribution in [1.82, 2.24) is 9.61 Å². The molecular weight excluding hydrogens is 289 g/mol. The van der Waals surface area contributed by atoms with Crippen molar-refractivity contribution in [1.29, 1.82) is 0 Å². The Morgan fingerprint density at radius 1 is 1.00 bits per heavy atom. The number of pyridine rings is 1. The molecule has 0 fully saturated rings. The normalized spacial score (nSPS) is 12.0. The highest BCUT2D eigenvalue weighted by Crippen LogP contribution is 2.31. The number of fused-ring (bicyclic) bond motifs is 1. The van der Waals surface area contributed by atoms with Crippen molar-refractivity contribution < 1.29 is 13.2 Å². The molecule has 0 aliphatic carbocycles. The summed E-state index contributed by atoms with van der Waals surface area (Å²) in [6.45, 7) is 0. The lowest BCUT2D eigenvalue weighted by molar-refractivity contribution is -0.137. The molecule has 0 unspecified atom stereocenters. The predicted octanol–water partition coefficient (Wildman–Crippen LogP) is 4.67. The lowest BCUT2D eigenvalue weighted by atomic mass is 10.1. The zero-order valence-corrected chi connectivity index (χ0v) is 10.8. The number of aromatic nitrogens is 2. The molecule has 102 valence electrons. The Morgan fingerprint density at radius 3 is 2.30 bits per heavy atom. The summed E-state index contributed by atoms with van der Waals surface area (Å²) in [7, 11) is 0. The van der Waals surface area contributed by atoms with Crippen molar-refractivity contribution >= 4 is 17.1 Å². The van der Waals surface area contributed by atoms with Crippen LogP contribution in [0.1, 0.15) is 5.56 Å². The fraction of sp³-hybridized carbons (Fsp3) is 0.0714. The van der Waals surface area contributed by atoms with E-state index in [9.17, 15) is 13.2 Å². The van der Waals surface area contributed by atoms with E-state index in [0.29, 0.717) is 16.4 Å². The quantitative estimate of drug-likeness (QED) is 0.596. The van der Waals surface area contributed by atoms with Gasteiger partial charge < -0.3 is 0 Å². The van der Waals surface area contributed by atoms with Gasteiger partial charge in [0, 0.05) is 5.56 Å². The summed E-state index contributed by atoms with van der Waals surface area (Å²) in [6.07, 6.45) is -4.33. The summed E-state index contributed by atoms with van der Waals surface area (Å²) < 4.78 is 39.1. The predicted molar refractivity (Wildman–Crippen MR) is 70.6 cm³/mol. The first kappa shape index (κ1) is 13.0. The summed E-state index contributed by atoms with van der Waals surface area (Å²) >= 11 is 5.99. The van der Waals surface area contributed by atoms with Gasteiger partial charge in [0.15, 0.2) is 0 Å². The van der Waals surface area contributed by atoms with E-state index in [1.807, 2.05) is 6.07 Å². The zero-order valence-electron chi connectivity index (χ0n) is 10.0. The van der Waals surface area contributed by atoms with Crippen LogP contribution in [-0.4, -0.2) is 9.61 Å². The molecule has 3 rings (SSSR count). The number of benzene rings is 1. The Hall–Kier alpha value is -2.01. The SMILES string of the molecule is FC(F)(F)c1ccc(-c2cc3cccc(Cl)n3n2)cc1. The van der Waals surface area contributed by atoms with Crippen molar-refractivity contribution in [3.8, 4) is 11.3 Å². The molecule has 0 amide bonds. The molecule has 20 heavy (non-hydrogen) atoms. The molecule has 2 nitrogen and oxygen atoms in total. The van der Waals surface area contributed by atoms with E-state index < -0.39 is 11.7 Å². The second kappa shape index (κ2) is 4.52. The Kier molecular flexibility index (Phi) is 2.94. The van der Waals surface area contributed by atoms with Crippen molar-refractivity contribution in [3.63, 3.8) is 0 Å². The van der Waals surface area contributed by atoms with E-state index >= 15 is 0 Å². The fourth-order valence-electron chi connectivity index (χ4n) is 1.95. The minimum Gasteiger partial charge on any atom is -0.222 e. The molecule has 0 N–H and O–H groups in total. The average Bonchev–Trinajstić information content (AvgIpc) is 2.83. The minimum absolute atomic E-state index is 0.445. The van der Waals surface area contributed by atoms with Crippen LogP contribution in [0.25, 0.3) is 16.8 Å². The monoisotopic (exact) mass is 296 g/mol. The van der Waals surface area contributed by atoms with E-state index in [2.05, 4.69) is 5.10 Å². The van der Waals surface area contributed by atoms with Crippen LogP contribution < -0.4 is 0 Å². The van der Waals surface area contributed by atoms with Crippen LogP contribution >= 0.6 is 11.6 Å². The topological polar surface area (TPSA) is 17.3 Å². The molecule has 0 saturated heterocycles. The lowest BCUT2D eigenvalue weighted by Gasteiger charge is -2.06. The van der Waals surface area contributed by atoms with Crippen LogP contribution in [0.15, 0.2) is 48.5 Å². The highest BCUT2D eigenvalue weighted by molar-refractivity contribution is 6.29. The molecular formula is C14H8ClF3N2. The molecule has 0 spiro atoms. The first-order valence-corrected chi connectivity index (χ1v) is 6.15. The maximum Gasteiger partial charge on any atom is 0.416 e. The molecule has 1 aromatic carbocycles. The van der Waals surface area contributed by atoms with Gasteiger partial charge in [0.05, 0.1) is 16.8 Å². The largest absolute Gasteiger partial charge is 0.416 e.